The predicted molar refractivity (Wildman–Crippen MR) is 67.8 cm³/mol. The van der Waals surface area contributed by atoms with Crippen LogP contribution in [0.25, 0.3) is 0 Å². The number of hydrogen-bond acceptors (Lipinski definition) is 4. The van der Waals surface area contributed by atoms with Crippen molar-refractivity contribution in [1.82, 2.24) is 4.98 Å². The van der Waals surface area contributed by atoms with E-state index in [1.54, 1.807) is 24.4 Å². The van der Waals surface area contributed by atoms with Gasteiger partial charge in [0.25, 0.3) is 0 Å². The summed E-state index contributed by atoms with van der Waals surface area (Å²) in [6.07, 6.45) is 1.59. The van der Waals surface area contributed by atoms with Crippen LogP contribution < -0.4 is 16.0 Å². The first-order chi connectivity index (χ1) is 8.70. The van der Waals surface area contributed by atoms with Crippen LogP contribution >= 0.6 is 11.6 Å². The molecule has 0 aliphatic rings. The Hall–Kier alpha value is -1.85. The predicted octanol–water partition coefficient (Wildman–Crippen LogP) is 2.74. The second-order valence-corrected chi connectivity index (χ2v) is 3.94. The number of hydrazine groups is 1. The van der Waals surface area contributed by atoms with Gasteiger partial charge in [-0.15, -0.1) is 0 Å². The Labute approximate surface area is 109 Å². The number of ether oxygens (including phenoxy) is 1. The molecule has 0 aliphatic carbocycles. The Kier molecular flexibility index (Phi) is 3.96. The number of nitrogens with zero attached hydrogens (tertiary/aromatic N) is 1. The molecule has 0 amide bonds. The van der Waals surface area contributed by atoms with E-state index >= 15 is 0 Å². The van der Waals surface area contributed by atoms with Gasteiger partial charge in [-0.2, -0.15) is 0 Å². The number of halogens is 2. The highest BCUT2D eigenvalue weighted by Crippen LogP contribution is 2.24. The molecule has 0 atom stereocenters. The molecular formula is C12H11ClFN3O. The number of nitrogens with one attached hydrogen (secondary N) is 1. The van der Waals surface area contributed by atoms with Gasteiger partial charge in [-0.3, -0.25) is 0 Å². The average Bonchev–Trinajstić information content (AvgIpc) is 2.41. The van der Waals surface area contributed by atoms with E-state index in [9.17, 15) is 4.39 Å². The molecule has 0 bridgehead atoms. The Morgan fingerprint density at radius 3 is 2.83 bits per heavy atom. The van der Waals surface area contributed by atoms with E-state index in [1.165, 1.54) is 12.1 Å². The van der Waals surface area contributed by atoms with Crippen molar-refractivity contribution in [2.45, 2.75) is 6.61 Å². The molecule has 2 aromatic rings. The lowest BCUT2D eigenvalue weighted by atomic mass is 10.3. The van der Waals surface area contributed by atoms with Crippen LogP contribution in [0, 0.1) is 5.82 Å². The van der Waals surface area contributed by atoms with Crippen molar-refractivity contribution in [1.29, 1.82) is 0 Å². The van der Waals surface area contributed by atoms with Gasteiger partial charge in [0.05, 0.1) is 5.02 Å². The molecule has 0 unspecified atom stereocenters. The quantitative estimate of drug-likeness (QED) is 0.661. The number of anilines is 1. The number of nitrogen functional groups attached to an aromatic ring is 1. The van der Waals surface area contributed by atoms with Gasteiger partial charge < -0.3 is 10.2 Å². The Morgan fingerprint density at radius 1 is 1.33 bits per heavy atom. The zero-order valence-corrected chi connectivity index (χ0v) is 10.1. The van der Waals surface area contributed by atoms with Crippen LogP contribution in [0.1, 0.15) is 5.56 Å². The summed E-state index contributed by atoms with van der Waals surface area (Å²) in [7, 11) is 0. The van der Waals surface area contributed by atoms with Gasteiger partial charge in [0.1, 0.15) is 12.4 Å². The average molecular weight is 268 g/mol. The summed E-state index contributed by atoms with van der Waals surface area (Å²) in [6, 6.07) is 8.09. The molecule has 2 rings (SSSR count). The highest BCUT2D eigenvalue weighted by molar-refractivity contribution is 6.30. The van der Waals surface area contributed by atoms with Crippen molar-refractivity contribution in [3.63, 3.8) is 0 Å². The number of nitrogens with two attached hydrogens (primary N) is 1. The third kappa shape index (κ3) is 2.88. The second-order valence-electron chi connectivity index (χ2n) is 3.54. The van der Waals surface area contributed by atoms with E-state index < -0.39 is 5.82 Å². The fraction of sp³-hybridized carbons (Fsp3) is 0.0833. The van der Waals surface area contributed by atoms with Gasteiger partial charge >= 0.3 is 0 Å². The lowest BCUT2D eigenvalue weighted by molar-refractivity contribution is 0.290. The maximum atomic E-state index is 13.5. The SMILES string of the molecule is NNc1ccc(COc2cccc(Cl)c2F)cn1. The van der Waals surface area contributed by atoms with Crippen LogP contribution in [0.5, 0.6) is 5.75 Å². The number of benzene rings is 1. The third-order valence-electron chi connectivity index (χ3n) is 2.28. The summed E-state index contributed by atoms with van der Waals surface area (Å²) in [6.45, 7) is 0.203. The Morgan fingerprint density at radius 2 is 2.17 bits per heavy atom. The molecular weight excluding hydrogens is 257 g/mol. The summed E-state index contributed by atoms with van der Waals surface area (Å²) < 4.78 is 18.9. The Balaban J connectivity index is 2.04. The number of aromatic nitrogens is 1. The molecule has 1 aromatic carbocycles. The molecule has 0 saturated heterocycles. The van der Waals surface area contributed by atoms with Gasteiger partial charge in [0, 0.05) is 11.8 Å². The molecule has 6 heteroatoms. The lowest BCUT2D eigenvalue weighted by Gasteiger charge is -2.08. The van der Waals surface area contributed by atoms with Gasteiger partial charge in [-0.05, 0) is 18.2 Å². The third-order valence-corrected chi connectivity index (χ3v) is 2.58. The van der Waals surface area contributed by atoms with Gasteiger partial charge in [-0.25, -0.2) is 15.2 Å². The van der Waals surface area contributed by atoms with Crippen molar-refractivity contribution < 1.29 is 9.13 Å². The summed E-state index contributed by atoms with van der Waals surface area (Å²) >= 11 is 5.65. The first-order valence-electron chi connectivity index (χ1n) is 5.19. The van der Waals surface area contributed by atoms with Crippen LogP contribution in [-0.2, 0) is 6.61 Å². The maximum absolute atomic E-state index is 13.5. The van der Waals surface area contributed by atoms with E-state index in [0.29, 0.717) is 5.82 Å². The second kappa shape index (κ2) is 5.66. The zero-order valence-electron chi connectivity index (χ0n) is 9.36. The minimum absolute atomic E-state index is 0.0355. The zero-order chi connectivity index (χ0) is 13.0. The van der Waals surface area contributed by atoms with Crippen LogP contribution in [0.4, 0.5) is 10.2 Å². The largest absolute Gasteiger partial charge is 0.486 e. The normalized spacial score (nSPS) is 10.2. The topological polar surface area (TPSA) is 60.2 Å². The van der Waals surface area contributed by atoms with Crippen molar-refractivity contribution in [2.24, 2.45) is 5.84 Å². The van der Waals surface area contributed by atoms with Crippen LogP contribution in [-0.4, -0.2) is 4.98 Å². The van der Waals surface area contributed by atoms with E-state index in [-0.39, 0.29) is 17.4 Å². The first kappa shape index (κ1) is 12.6. The van der Waals surface area contributed by atoms with Gasteiger partial charge in [0.2, 0.25) is 0 Å². The molecule has 94 valence electrons. The maximum Gasteiger partial charge on any atom is 0.183 e. The van der Waals surface area contributed by atoms with Crippen molar-refractivity contribution in [2.75, 3.05) is 5.43 Å². The lowest BCUT2D eigenvalue weighted by Crippen LogP contribution is -2.08. The van der Waals surface area contributed by atoms with Crippen LogP contribution in [0.15, 0.2) is 36.5 Å². The monoisotopic (exact) mass is 267 g/mol. The Bertz CT molecular complexity index is 533. The minimum atomic E-state index is -0.563. The van der Waals surface area contributed by atoms with Crippen molar-refractivity contribution in [3.05, 3.63) is 52.9 Å². The molecule has 0 aliphatic heterocycles. The summed E-state index contributed by atoms with van der Waals surface area (Å²) in [5, 5.41) is 0.0355. The minimum Gasteiger partial charge on any atom is -0.486 e. The van der Waals surface area contributed by atoms with E-state index in [1.807, 2.05) is 0 Å². The molecule has 0 saturated carbocycles. The van der Waals surface area contributed by atoms with E-state index in [2.05, 4.69) is 10.4 Å². The van der Waals surface area contributed by atoms with E-state index in [0.717, 1.165) is 5.56 Å². The van der Waals surface area contributed by atoms with E-state index in [4.69, 9.17) is 22.2 Å². The highest BCUT2D eigenvalue weighted by atomic mass is 35.5. The smallest absolute Gasteiger partial charge is 0.183 e. The summed E-state index contributed by atoms with van der Waals surface area (Å²) in [5.41, 5.74) is 3.21. The molecule has 0 radical (unpaired) electrons. The number of pyridine rings is 1. The highest BCUT2D eigenvalue weighted by Gasteiger charge is 2.07. The molecule has 4 nitrogen and oxygen atoms in total. The first-order valence-corrected chi connectivity index (χ1v) is 5.57. The van der Waals surface area contributed by atoms with Crippen LogP contribution in [0.3, 0.4) is 0 Å². The van der Waals surface area contributed by atoms with Crippen LogP contribution in [0.2, 0.25) is 5.02 Å². The van der Waals surface area contributed by atoms with Gasteiger partial charge in [-0.1, -0.05) is 23.7 Å². The fourth-order valence-electron chi connectivity index (χ4n) is 1.35. The molecule has 0 spiro atoms. The fourth-order valence-corrected chi connectivity index (χ4v) is 1.52. The number of hydrogen-bond donors (Lipinski definition) is 2. The molecule has 1 aromatic heterocycles. The number of rotatable bonds is 4. The molecule has 18 heavy (non-hydrogen) atoms. The standard InChI is InChI=1S/C12H11ClFN3O/c13-9-2-1-3-10(12(9)14)18-7-8-4-5-11(17-15)16-6-8/h1-6H,7,15H2,(H,16,17). The molecule has 3 N–H and O–H groups in total. The molecule has 1 heterocycles. The van der Waals surface area contributed by atoms with Gasteiger partial charge in [0.15, 0.2) is 11.6 Å². The molecule has 0 fully saturated rings. The summed E-state index contributed by atoms with van der Waals surface area (Å²) in [5.74, 6) is 5.29. The summed E-state index contributed by atoms with van der Waals surface area (Å²) in [4.78, 5) is 4.01. The van der Waals surface area contributed by atoms with Crippen molar-refractivity contribution >= 4 is 17.4 Å². The van der Waals surface area contributed by atoms with Crippen molar-refractivity contribution in [3.8, 4) is 5.75 Å².